The van der Waals surface area contributed by atoms with Gasteiger partial charge in [-0.1, -0.05) is 12.2 Å². The van der Waals surface area contributed by atoms with Crippen LogP contribution < -0.4 is 10.6 Å². The number of nitrogens with one attached hydrogen (secondary N) is 2. The van der Waals surface area contributed by atoms with E-state index in [2.05, 4.69) is 10.6 Å². The van der Waals surface area contributed by atoms with E-state index < -0.39 is 0 Å². The molecule has 16 heavy (non-hydrogen) atoms. The number of allylic oxidation sites excluding steroid dienone is 2. The predicted octanol–water partition coefficient (Wildman–Crippen LogP) is 1.42. The van der Waals surface area contributed by atoms with Crippen molar-refractivity contribution in [2.45, 2.75) is 12.1 Å². The molecule has 2 N–H and O–H groups in total. The van der Waals surface area contributed by atoms with E-state index in [1.165, 1.54) is 0 Å². The van der Waals surface area contributed by atoms with Crippen LogP contribution in [0.5, 0.6) is 0 Å². The van der Waals surface area contributed by atoms with Gasteiger partial charge in [-0.05, 0) is 6.08 Å². The number of hydrogen-bond donors (Lipinski definition) is 2. The number of alkyl halides is 2. The van der Waals surface area contributed by atoms with Crippen molar-refractivity contribution in [2.75, 3.05) is 24.8 Å². The van der Waals surface area contributed by atoms with E-state index >= 15 is 0 Å². The minimum atomic E-state index is -0.323. The van der Waals surface area contributed by atoms with Crippen LogP contribution in [0.2, 0.25) is 0 Å². The number of halogens is 2. The van der Waals surface area contributed by atoms with E-state index in [1.54, 1.807) is 6.08 Å². The van der Waals surface area contributed by atoms with Gasteiger partial charge < -0.3 is 0 Å². The molecule has 1 rings (SSSR count). The first-order valence-electron chi connectivity index (χ1n) is 5.23. The van der Waals surface area contributed by atoms with Crippen LogP contribution in [0.3, 0.4) is 0 Å². The van der Waals surface area contributed by atoms with Gasteiger partial charge in [-0.25, -0.2) is 0 Å². The molecule has 0 aromatic rings. The van der Waals surface area contributed by atoms with E-state index in [4.69, 9.17) is 23.2 Å². The van der Waals surface area contributed by atoms with E-state index in [-0.39, 0.29) is 5.66 Å². The highest BCUT2D eigenvalue weighted by Crippen LogP contribution is 2.17. The van der Waals surface area contributed by atoms with Gasteiger partial charge in [0.1, 0.15) is 6.29 Å². The number of rotatable bonds is 7. The van der Waals surface area contributed by atoms with Gasteiger partial charge in [0.05, 0.1) is 5.66 Å². The molecule has 0 atom stereocenters. The molecular formula is C11H16Cl2N2O. The first-order chi connectivity index (χ1) is 7.76. The van der Waals surface area contributed by atoms with Crippen molar-refractivity contribution >= 4 is 29.5 Å². The van der Waals surface area contributed by atoms with Gasteiger partial charge in [0, 0.05) is 36.8 Å². The molecule has 1 aliphatic rings. The molecule has 3 nitrogen and oxygen atoms in total. The molecule has 5 heteroatoms. The van der Waals surface area contributed by atoms with Gasteiger partial charge in [-0.15, -0.1) is 23.2 Å². The Bertz CT molecular complexity index is 282. The van der Waals surface area contributed by atoms with Crippen molar-refractivity contribution in [1.82, 2.24) is 10.6 Å². The van der Waals surface area contributed by atoms with Crippen LogP contribution in [0.1, 0.15) is 6.42 Å². The third kappa shape index (κ3) is 3.91. The maximum Gasteiger partial charge on any atom is 0.149 e. The van der Waals surface area contributed by atoms with Crippen molar-refractivity contribution in [3.05, 3.63) is 23.8 Å². The fourth-order valence-corrected chi connectivity index (χ4v) is 1.80. The largest absolute Gasteiger partial charge is 0.298 e. The van der Waals surface area contributed by atoms with Gasteiger partial charge >= 0.3 is 0 Å². The Morgan fingerprint density at radius 2 is 1.94 bits per heavy atom. The lowest BCUT2D eigenvalue weighted by Crippen LogP contribution is -2.56. The lowest BCUT2D eigenvalue weighted by Gasteiger charge is -2.34. The highest BCUT2D eigenvalue weighted by Gasteiger charge is 2.26. The van der Waals surface area contributed by atoms with E-state index in [9.17, 15) is 4.79 Å². The Labute approximate surface area is 106 Å². The molecule has 0 aromatic heterocycles. The Kier molecular flexibility index (Phi) is 6.06. The van der Waals surface area contributed by atoms with Gasteiger partial charge in [0.15, 0.2) is 0 Å². The molecule has 0 fully saturated rings. The van der Waals surface area contributed by atoms with E-state index in [0.29, 0.717) is 36.8 Å². The fourth-order valence-electron chi connectivity index (χ4n) is 1.61. The summed E-state index contributed by atoms with van der Waals surface area (Å²) in [4.78, 5) is 10.6. The minimum absolute atomic E-state index is 0.323. The molecule has 0 saturated carbocycles. The molecule has 1 aliphatic carbocycles. The van der Waals surface area contributed by atoms with Gasteiger partial charge in [0.2, 0.25) is 0 Å². The first kappa shape index (κ1) is 13.7. The van der Waals surface area contributed by atoms with Gasteiger partial charge in [-0.2, -0.15) is 0 Å². The summed E-state index contributed by atoms with van der Waals surface area (Å²) in [6, 6.07) is 0. The summed E-state index contributed by atoms with van der Waals surface area (Å²) in [7, 11) is 0. The summed E-state index contributed by atoms with van der Waals surface area (Å²) in [6.45, 7) is 1.40. The fraction of sp³-hybridized carbons (Fsp3) is 0.545. The predicted molar refractivity (Wildman–Crippen MR) is 68.1 cm³/mol. The van der Waals surface area contributed by atoms with Crippen molar-refractivity contribution in [3.8, 4) is 0 Å². The smallest absolute Gasteiger partial charge is 0.149 e. The number of aldehydes is 1. The van der Waals surface area contributed by atoms with Crippen molar-refractivity contribution in [3.63, 3.8) is 0 Å². The van der Waals surface area contributed by atoms with Crippen LogP contribution >= 0.6 is 23.2 Å². The quantitative estimate of drug-likeness (QED) is 0.414. The summed E-state index contributed by atoms with van der Waals surface area (Å²) in [6.07, 6.45) is 7.22. The minimum Gasteiger partial charge on any atom is -0.298 e. The molecule has 0 saturated heterocycles. The van der Waals surface area contributed by atoms with Gasteiger partial charge in [-0.3, -0.25) is 15.4 Å². The number of hydrogen-bond acceptors (Lipinski definition) is 3. The average molecular weight is 263 g/mol. The summed E-state index contributed by atoms with van der Waals surface area (Å²) < 4.78 is 0. The summed E-state index contributed by atoms with van der Waals surface area (Å²) in [5.74, 6) is 1.09. The molecule has 0 radical (unpaired) electrons. The van der Waals surface area contributed by atoms with Crippen molar-refractivity contribution < 1.29 is 4.79 Å². The third-order valence-corrected chi connectivity index (χ3v) is 2.80. The highest BCUT2D eigenvalue weighted by molar-refractivity contribution is 6.18. The number of carbonyl (C=O) groups excluding carboxylic acids is 1. The number of carbonyl (C=O) groups is 1. The molecule has 0 spiro atoms. The van der Waals surface area contributed by atoms with Gasteiger partial charge in [0.25, 0.3) is 0 Å². The summed E-state index contributed by atoms with van der Waals surface area (Å²) >= 11 is 11.3. The Balaban J connectivity index is 2.63. The standard InChI is InChI=1S/C11H16Cl2N2O/c12-5-7-14-11(15-8-6-13)3-1-10(9-16)2-4-11/h1-3,9,14-15H,4-8H2. The van der Waals surface area contributed by atoms with Crippen LogP contribution in [0.25, 0.3) is 0 Å². The topological polar surface area (TPSA) is 41.1 Å². The van der Waals surface area contributed by atoms with Crippen LogP contribution in [0, 0.1) is 0 Å². The molecule has 0 bridgehead atoms. The van der Waals surface area contributed by atoms with Crippen LogP contribution in [0.4, 0.5) is 0 Å². The second kappa shape index (κ2) is 7.07. The maximum absolute atomic E-state index is 10.6. The zero-order valence-corrected chi connectivity index (χ0v) is 10.5. The second-order valence-corrected chi connectivity index (χ2v) is 4.32. The molecule has 0 amide bonds. The first-order valence-corrected chi connectivity index (χ1v) is 6.30. The SMILES string of the molecule is O=CC1=CCC(NCCCl)(NCCCl)C=C1. The normalized spacial score (nSPS) is 18.2. The Morgan fingerprint density at radius 1 is 1.31 bits per heavy atom. The molecule has 90 valence electrons. The average Bonchev–Trinajstić information content (AvgIpc) is 2.35. The summed E-state index contributed by atoms with van der Waals surface area (Å²) in [5.41, 5.74) is 0.381. The highest BCUT2D eigenvalue weighted by atomic mass is 35.5. The van der Waals surface area contributed by atoms with Crippen molar-refractivity contribution in [2.24, 2.45) is 0 Å². The lowest BCUT2D eigenvalue weighted by molar-refractivity contribution is -0.104. The zero-order chi connectivity index (χ0) is 11.9. The Morgan fingerprint density at radius 3 is 2.31 bits per heavy atom. The van der Waals surface area contributed by atoms with Crippen LogP contribution in [0.15, 0.2) is 23.8 Å². The van der Waals surface area contributed by atoms with E-state index in [0.717, 1.165) is 6.29 Å². The van der Waals surface area contributed by atoms with Crippen molar-refractivity contribution in [1.29, 1.82) is 0 Å². The third-order valence-electron chi connectivity index (χ3n) is 2.43. The van der Waals surface area contributed by atoms with Crippen LogP contribution in [-0.2, 0) is 4.79 Å². The zero-order valence-electron chi connectivity index (χ0n) is 9.01. The molecule has 0 heterocycles. The van der Waals surface area contributed by atoms with E-state index in [1.807, 2.05) is 12.2 Å². The molecular weight excluding hydrogens is 247 g/mol. The molecule has 0 aromatic carbocycles. The Hall–Kier alpha value is -0.350. The second-order valence-electron chi connectivity index (χ2n) is 3.56. The lowest BCUT2D eigenvalue weighted by atomic mass is 9.97. The maximum atomic E-state index is 10.6. The molecule has 0 unspecified atom stereocenters. The van der Waals surface area contributed by atoms with Crippen LogP contribution in [-0.4, -0.2) is 36.8 Å². The summed E-state index contributed by atoms with van der Waals surface area (Å²) in [5, 5.41) is 6.63. The molecule has 0 aliphatic heterocycles. The monoisotopic (exact) mass is 262 g/mol.